The van der Waals surface area contributed by atoms with Gasteiger partial charge in [-0.15, -0.1) is 0 Å². The number of carbonyl (C=O) groups is 2. The van der Waals surface area contributed by atoms with E-state index in [0.29, 0.717) is 41.2 Å². The summed E-state index contributed by atoms with van der Waals surface area (Å²) in [5, 5.41) is 0. The van der Waals surface area contributed by atoms with Crippen LogP contribution in [-0.2, 0) is 45.6 Å². The van der Waals surface area contributed by atoms with Crippen LogP contribution in [0.3, 0.4) is 0 Å². The third-order valence-corrected chi connectivity index (χ3v) is 7.24. The number of nitrogens with one attached hydrogen (secondary N) is 1. The number of nitrogens with zero attached hydrogens (tertiary/aromatic N) is 2. The van der Waals surface area contributed by atoms with Gasteiger partial charge in [0.2, 0.25) is 0 Å². The molecule has 0 radical (unpaired) electrons. The summed E-state index contributed by atoms with van der Waals surface area (Å²) in [6.45, 7) is 5.60. The van der Waals surface area contributed by atoms with Gasteiger partial charge in [0.1, 0.15) is 5.60 Å². The molecule has 36 heavy (non-hydrogen) atoms. The first-order valence-corrected chi connectivity index (χ1v) is 12.7. The Labute approximate surface area is 207 Å². The van der Waals surface area contributed by atoms with Crippen LogP contribution in [0.2, 0.25) is 0 Å². The number of carbonyl (C=O) groups excluding carboxylic acids is 2. The van der Waals surface area contributed by atoms with Gasteiger partial charge in [-0.1, -0.05) is 12.1 Å². The summed E-state index contributed by atoms with van der Waals surface area (Å²) in [4.78, 5) is 26.0. The minimum absolute atomic E-state index is 0.114. The van der Waals surface area contributed by atoms with E-state index >= 15 is 0 Å². The molecule has 2 aliphatic heterocycles. The Morgan fingerprint density at radius 1 is 0.889 bits per heavy atom. The molecule has 2 aromatic rings. The van der Waals surface area contributed by atoms with Crippen molar-refractivity contribution in [2.45, 2.75) is 63.5 Å². The maximum absolute atomic E-state index is 13.0. The van der Waals surface area contributed by atoms with Crippen LogP contribution in [0.25, 0.3) is 0 Å². The SMILES string of the molecule is CC(C)(C)OC(=O)N1CCc2cc(NS(=O)(=O)c3ccc4c(c3)CN(C(=O)C(F)(F)F)C4)ccc2C1. The molecule has 2 amide bonds. The standard InChI is InChI=1S/C24H26F3N3O5S/c1-23(2,3)35-22(32)29-9-8-15-10-19(6-4-16(15)12-29)28-36(33,34)20-7-5-17-13-30(14-18(17)11-20)21(31)24(25,26)27/h4-7,10-11,28H,8-9,12-14H2,1-3H3. The van der Waals surface area contributed by atoms with Gasteiger partial charge in [0.25, 0.3) is 10.0 Å². The van der Waals surface area contributed by atoms with E-state index in [9.17, 15) is 31.2 Å². The van der Waals surface area contributed by atoms with E-state index in [2.05, 4.69) is 4.72 Å². The smallest absolute Gasteiger partial charge is 0.444 e. The second kappa shape index (κ2) is 8.99. The third-order valence-electron chi connectivity index (χ3n) is 5.86. The molecular weight excluding hydrogens is 499 g/mol. The molecule has 2 aromatic carbocycles. The zero-order valence-electron chi connectivity index (χ0n) is 20.0. The van der Waals surface area contributed by atoms with Crippen LogP contribution in [0.15, 0.2) is 41.3 Å². The second-order valence-electron chi connectivity index (χ2n) is 9.83. The number of halogens is 3. The Balaban J connectivity index is 1.46. The van der Waals surface area contributed by atoms with Gasteiger partial charge >= 0.3 is 18.2 Å². The van der Waals surface area contributed by atoms with Crippen LogP contribution in [-0.4, -0.2) is 48.5 Å². The molecule has 0 bridgehead atoms. The number of ether oxygens (including phenoxy) is 1. The summed E-state index contributed by atoms with van der Waals surface area (Å²) in [6.07, 6.45) is -4.88. The largest absolute Gasteiger partial charge is 0.471 e. The van der Waals surface area contributed by atoms with E-state index in [-0.39, 0.29) is 18.0 Å². The fourth-order valence-electron chi connectivity index (χ4n) is 4.17. The summed E-state index contributed by atoms with van der Waals surface area (Å²) in [5.74, 6) is -1.96. The molecule has 0 aromatic heterocycles. The highest BCUT2D eigenvalue weighted by Gasteiger charge is 2.44. The van der Waals surface area contributed by atoms with E-state index < -0.39 is 33.8 Å². The van der Waals surface area contributed by atoms with Gasteiger partial charge in [0.05, 0.1) is 4.90 Å². The number of alkyl halides is 3. The molecule has 0 saturated carbocycles. The van der Waals surface area contributed by atoms with Gasteiger partial charge in [-0.2, -0.15) is 13.2 Å². The average Bonchev–Trinajstić information content (AvgIpc) is 3.19. The quantitative estimate of drug-likeness (QED) is 0.649. The Bertz CT molecular complexity index is 1320. The highest BCUT2D eigenvalue weighted by Crippen LogP contribution is 2.31. The third kappa shape index (κ3) is 5.58. The van der Waals surface area contributed by atoms with Gasteiger partial charge in [-0.25, -0.2) is 13.2 Å². The number of fused-ring (bicyclic) bond motifs is 2. The first kappa shape index (κ1) is 25.8. The first-order valence-electron chi connectivity index (χ1n) is 11.2. The van der Waals surface area contributed by atoms with E-state index in [1.54, 1.807) is 43.9 Å². The summed E-state index contributed by atoms with van der Waals surface area (Å²) in [6, 6.07) is 9.06. The Morgan fingerprint density at radius 2 is 1.50 bits per heavy atom. The highest BCUT2D eigenvalue weighted by atomic mass is 32.2. The van der Waals surface area contributed by atoms with E-state index in [4.69, 9.17) is 4.74 Å². The number of hydrogen-bond acceptors (Lipinski definition) is 5. The first-order chi connectivity index (χ1) is 16.6. The van der Waals surface area contributed by atoms with Gasteiger partial charge < -0.3 is 14.5 Å². The van der Waals surface area contributed by atoms with Crippen LogP contribution in [0, 0.1) is 0 Å². The molecule has 8 nitrogen and oxygen atoms in total. The Hall–Kier alpha value is -3.28. The molecule has 0 saturated heterocycles. The number of amides is 2. The fraction of sp³-hybridized carbons (Fsp3) is 0.417. The van der Waals surface area contributed by atoms with Crippen molar-refractivity contribution in [3.63, 3.8) is 0 Å². The summed E-state index contributed by atoms with van der Waals surface area (Å²) >= 11 is 0. The van der Waals surface area contributed by atoms with Crippen molar-refractivity contribution in [3.05, 3.63) is 58.7 Å². The normalized spacial score (nSPS) is 15.8. The predicted octanol–water partition coefficient (Wildman–Crippen LogP) is 4.19. The molecule has 12 heteroatoms. The maximum atomic E-state index is 13.0. The molecule has 2 heterocycles. The average molecular weight is 526 g/mol. The molecule has 194 valence electrons. The van der Waals surface area contributed by atoms with Crippen molar-refractivity contribution in [1.82, 2.24) is 9.80 Å². The molecule has 0 unspecified atom stereocenters. The fourth-order valence-corrected chi connectivity index (χ4v) is 5.27. The molecule has 0 fully saturated rings. The molecular formula is C24H26F3N3O5S. The summed E-state index contributed by atoms with van der Waals surface area (Å²) in [5.41, 5.74) is 2.31. The van der Waals surface area contributed by atoms with Crippen LogP contribution in [0.5, 0.6) is 0 Å². The van der Waals surface area contributed by atoms with Crippen LogP contribution in [0.1, 0.15) is 43.0 Å². The number of benzene rings is 2. The topological polar surface area (TPSA) is 96.0 Å². The molecule has 0 spiro atoms. The van der Waals surface area contributed by atoms with Crippen LogP contribution >= 0.6 is 0 Å². The Kier molecular flexibility index (Phi) is 6.44. The lowest BCUT2D eigenvalue weighted by Crippen LogP contribution is -2.39. The lowest BCUT2D eigenvalue weighted by molar-refractivity contribution is -0.186. The summed E-state index contributed by atoms with van der Waals surface area (Å²) in [7, 11) is -4.03. The van der Waals surface area contributed by atoms with Gasteiger partial charge in [0, 0.05) is 31.9 Å². The van der Waals surface area contributed by atoms with Crippen molar-refractivity contribution in [3.8, 4) is 0 Å². The monoisotopic (exact) mass is 525 g/mol. The van der Waals surface area contributed by atoms with Gasteiger partial charge in [-0.3, -0.25) is 9.52 Å². The molecule has 0 atom stereocenters. The number of rotatable bonds is 3. The van der Waals surface area contributed by atoms with E-state index in [1.807, 2.05) is 0 Å². The Morgan fingerprint density at radius 3 is 2.17 bits per heavy atom. The van der Waals surface area contributed by atoms with Crippen molar-refractivity contribution in [2.75, 3.05) is 11.3 Å². The molecule has 2 aliphatic rings. The van der Waals surface area contributed by atoms with Crippen LogP contribution < -0.4 is 4.72 Å². The predicted molar refractivity (Wildman–Crippen MR) is 124 cm³/mol. The van der Waals surface area contributed by atoms with Gasteiger partial charge in [0.15, 0.2) is 0 Å². The van der Waals surface area contributed by atoms with Crippen molar-refractivity contribution in [2.24, 2.45) is 0 Å². The zero-order chi connectivity index (χ0) is 26.5. The molecule has 1 N–H and O–H groups in total. The minimum Gasteiger partial charge on any atom is -0.444 e. The van der Waals surface area contributed by atoms with Gasteiger partial charge in [-0.05, 0) is 73.7 Å². The molecule has 4 rings (SSSR count). The lowest BCUT2D eigenvalue weighted by Gasteiger charge is -2.31. The minimum atomic E-state index is -4.99. The van der Waals surface area contributed by atoms with E-state index in [0.717, 1.165) is 11.1 Å². The highest BCUT2D eigenvalue weighted by molar-refractivity contribution is 7.92. The summed E-state index contributed by atoms with van der Waals surface area (Å²) < 4.78 is 72.2. The zero-order valence-corrected chi connectivity index (χ0v) is 20.8. The van der Waals surface area contributed by atoms with Crippen molar-refractivity contribution < 1.29 is 35.9 Å². The lowest BCUT2D eigenvalue weighted by atomic mass is 9.99. The number of anilines is 1. The van der Waals surface area contributed by atoms with Crippen molar-refractivity contribution in [1.29, 1.82) is 0 Å². The second-order valence-corrected chi connectivity index (χ2v) is 11.5. The van der Waals surface area contributed by atoms with E-state index in [1.165, 1.54) is 18.2 Å². The number of sulfonamides is 1. The maximum Gasteiger partial charge on any atom is 0.471 e. The number of hydrogen-bond donors (Lipinski definition) is 1. The van der Waals surface area contributed by atoms with Crippen LogP contribution in [0.4, 0.5) is 23.7 Å². The molecule has 0 aliphatic carbocycles. The van der Waals surface area contributed by atoms with Crippen molar-refractivity contribution >= 4 is 27.7 Å².